The van der Waals surface area contributed by atoms with E-state index in [2.05, 4.69) is 20.9 Å². The Hall–Kier alpha value is -1.23. The zero-order chi connectivity index (χ0) is 13.0. The number of hydrogen-bond acceptors (Lipinski definition) is 3. The predicted molar refractivity (Wildman–Crippen MR) is 75.1 cm³/mol. The van der Waals surface area contributed by atoms with Crippen LogP contribution in [0, 0.1) is 0 Å². The fourth-order valence-corrected chi connectivity index (χ4v) is 2.20. The SMILES string of the molecule is NCC(c1cccnc1)C(O)c1ccc(Br)cc1. The second-order valence-corrected chi connectivity index (χ2v) is 5.04. The molecule has 0 amide bonds. The number of nitrogens with two attached hydrogens (primary N) is 1. The third kappa shape index (κ3) is 2.96. The average Bonchev–Trinajstić information content (AvgIpc) is 2.41. The van der Waals surface area contributed by atoms with Crippen molar-refractivity contribution in [2.75, 3.05) is 6.54 Å². The van der Waals surface area contributed by atoms with E-state index in [1.807, 2.05) is 36.4 Å². The molecule has 4 heteroatoms. The maximum absolute atomic E-state index is 10.4. The van der Waals surface area contributed by atoms with E-state index < -0.39 is 6.10 Å². The fraction of sp³-hybridized carbons (Fsp3) is 0.214. The van der Waals surface area contributed by atoms with Gasteiger partial charge in [0.05, 0.1) is 6.10 Å². The molecule has 0 radical (unpaired) electrons. The topological polar surface area (TPSA) is 59.1 Å². The van der Waals surface area contributed by atoms with Crippen molar-refractivity contribution in [1.82, 2.24) is 4.98 Å². The van der Waals surface area contributed by atoms with Crippen LogP contribution in [0.25, 0.3) is 0 Å². The molecule has 1 heterocycles. The molecule has 0 saturated heterocycles. The summed E-state index contributed by atoms with van der Waals surface area (Å²) in [6.07, 6.45) is 2.84. The van der Waals surface area contributed by atoms with Gasteiger partial charge in [-0.3, -0.25) is 4.98 Å². The number of hydrogen-bond donors (Lipinski definition) is 2. The summed E-state index contributed by atoms with van der Waals surface area (Å²) in [4.78, 5) is 4.07. The van der Waals surface area contributed by atoms with Crippen LogP contribution in [-0.4, -0.2) is 16.6 Å². The summed E-state index contributed by atoms with van der Waals surface area (Å²) in [5.74, 6) is -0.139. The van der Waals surface area contributed by atoms with Gasteiger partial charge in [0, 0.05) is 29.3 Å². The van der Waals surface area contributed by atoms with Gasteiger partial charge in [-0.05, 0) is 29.3 Å². The van der Waals surface area contributed by atoms with Crippen molar-refractivity contribution in [3.63, 3.8) is 0 Å². The Kier molecular flexibility index (Phi) is 4.47. The number of halogens is 1. The molecule has 0 fully saturated rings. The molecule has 2 unspecified atom stereocenters. The molecule has 1 aromatic carbocycles. The van der Waals surface area contributed by atoms with Crippen LogP contribution >= 0.6 is 15.9 Å². The molecule has 1 aromatic heterocycles. The summed E-state index contributed by atoms with van der Waals surface area (Å²) in [5, 5.41) is 10.4. The van der Waals surface area contributed by atoms with E-state index in [-0.39, 0.29) is 5.92 Å². The van der Waals surface area contributed by atoms with Gasteiger partial charge in [-0.2, -0.15) is 0 Å². The van der Waals surface area contributed by atoms with Gasteiger partial charge in [-0.1, -0.05) is 34.1 Å². The number of nitrogens with zero attached hydrogens (tertiary/aromatic N) is 1. The van der Waals surface area contributed by atoms with Crippen LogP contribution in [0.5, 0.6) is 0 Å². The largest absolute Gasteiger partial charge is 0.388 e. The minimum absolute atomic E-state index is 0.139. The minimum Gasteiger partial charge on any atom is -0.388 e. The Morgan fingerprint density at radius 2 is 1.89 bits per heavy atom. The molecule has 0 aliphatic carbocycles. The summed E-state index contributed by atoms with van der Waals surface area (Å²) < 4.78 is 0.990. The van der Waals surface area contributed by atoms with Gasteiger partial charge in [0.15, 0.2) is 0 Å². The highest BCUT2D eigenvalue weighted by atomic mass is 79.9. The van der Waals surface area contributed by atoms with Gasteiger partial charge in [0.1, 0.15) is 0 Å². The number of aliphatic hydroxyl groups is 1. The molecular formula is C14H15BrN2O. The van der Waals surface area contributed by atoms with Crippen molar-refractivity contribution in [2.45, 2.75) is 12.0 Å². The molecule has 3 nitrogen and oxygen atoms in total. The highest BCUT2D eigenvalue weighted by Crippen LogP contribution is 2.30. The van der Waals surface area contributed by atoms with Gasteiger partial charge in [-0.25, -0.2) is 0 Å². The van der Waals surface area contributed by atoms with Gasteiger partial charge >= 0.3 is 0 Å². The summed E-state index contributed by atoms with van der Waals surface area (Å²) >= 11 is 3.38. The Bertz CT molecular complexity index is 487. The molecule has 94 valence electrons. The first-order valence-corrected chi connectivity index (χ1v) is 6.55. The van der Waals surface area contributed by atoms with Crippen molar-refractivity contribution >= 4 is 15.9 Å². The van der Waals surface area contributed by atoms with Crippen LogP contribution in [0.2, 0.25) is 0 Å². The third-order valence-electron chi connectivity index (χ3n) is 2.96. The number of aromatic nitrogens is 1. The normalized spacial score (nSPS) is 14.2. The van der Waals surface area contributed by atoms with Gasteiger partial charge in [0.25, 0.3) is 0 Å². The van der Waals surface area contributed by atoms with E-state index >= 15 is 0 Å². The Labute approximate surface area is 115 Å². The lowest BCUT2D eigenvalue weighted by Crippen LogP contribution is -2.20. The number of aliphatic hydroxyl groups excluding tert-OH is 1. The van der Waals surface area contributed by atoms with Crippen molar-refractivity contribution < 1.29 is 5.11 Å². The molecule has 0 saturated carbocycles. The van der Waals surface area contributed by atoms with Crippen molar-refractivity contribution in [2.24, 2.45) is 5.73 Å². The molecule has 2 rings (SSSR count). The second kappa shape index (κ2) is 6.09. The fourth-order valence-electron chi connectivity index (χ4n) is 1.93. The van der Waals surface area contributed by atoms with Crippen molar-refractivity contribution in [1.29, 1.82) is 0 Å². The van der Waals surface area contributed by atoms with Gasteiger partial charge in [0.2, 0.25) is 0 Å². The molecule has 0 bridgehead atoms. The summed E-state index contributed by atoms with van der Waals surface area (Å²) in [7, 11) is 0. The molecule has 0 aliphatic rings. The lowest BCUT2D eigenvalue weighted by molar-refractivity contribution is 0.147. The highest BCUT2D eigenvalue weighted by Gasteiger charge is 2.21. The van der Waals surface area contributed by atoms with E-state index in [4.69, 9.17) is 5.73 Å². The van der Waals surface area contributed by atoms with Crippen LogP contribution in [0.15, 0.2) is 53.3 Å². The minimum atomic E-state index is -0.618. The molecule has 2 aromatic rings. The predicted octanol–water partition coefficient (Wildman–Crippen LogP) is 2.62. The van der Waals surface area contributed by atoms with E-state index in [1.54, 1.807) is 12.4 Å². The van der Waals surface area contributed by atoms with Crippen LogP contribution in [0.4, 0.5) is 0 Å². The summed E-state index contributed by atoms with van der Waals surface area (Å²) in [5.41, 5.74) is 7.59. The zero-order valence-corrected chi connectivity index (χ0v) is 11.4. The first-order chi connectivity index (χ1) is 8.72. The standard InChI is InChI=1S/C14H15BrN2O/c15-12-5-3-10(4-6-12)14(18)13(8-16)11-2-1-7-17-9-11/h1-7,9,13-14,18H,8,16H2. The molecule has 18 heavy (non-hydrogen) atoms. The van der Waals surface area contributed by atoms with Crippen LogP contribution < -0.4 is 5.73 Å². The van der Waals surface area contributed by atoms with Gasteiger partial charge < -0.3 is 10.8 Å². The smallest absolute Gasteiger partial charge is 0.0871 e. The lowest BCUT2D eigenvalue weighted by atomic mass is 9.90. The molecular weight excluding hydrogens is 292 g/mol. The van der Waals surface area contributed by atoms with Gasteiger partial charge in [-0.15, -0.1) is 0 Å². The Morgan fingerprint density at radius 1 is 1.17 bits per heavy atom. The molecule has 3 N–H and O–H groups in total. The highest BCUT2D eigenvalue weighted by molar-refractivity contribution is 9.10. The van der Waals surface area contributed by atoms with Crippen LogP contribution in [0.1, 0.15) is 23.1 Å². The zero-order valence-electron chi connectivity index (χ0n) is 9.83. The Balaban J connectivity index is 2.25. The number of benzene rings is 1. The van der Waals surface area contributed by atoms with Crippen LogP contribution in [-0.2, 0) is 0 Å². The quantitative estimate of drug-likeness (QED) is 0.913. The second-order valence-electron chi connectivity index (χ2n) is 4.12. The Morgan fingerprint density at radius 3 is 2.44 bits per heavy atom. The molecule has 2 atom stereocenters. The maximum Gasteiger partial charge on any atom is 0.0871 e. The molecule has 0 aliphatic heterocycles. The summed E-state index contributed by atoms with van der Waals surface area (Å²) in [6.45, 7) is 0.378. The van der Waals surface area contributed by atoms with E-state index in [0.29, 0.717) is 6.54 Å². The third-order valence-corrected chi connectivity index (χ3v) is 3.49. The first kappa shape index (κ1) is 13.2. The lowest BCUT2D eigenvalue weighted by Gasteiger charge is -2.22. The van der Waals surface area contributed by atoms with E-state index in [1.165, 1.54) is 0 Å². The monoisotopic (exact) mass is 306 g/mol. The summed E-state index contributed by atoms with van der Waals surface area (Å²) in [6, 6.07) is 11.4. The van der Waals surface area contributed by atoms with E-state index in [0.717, 1.165) is 15.6 Å². The number of rotatable bonds is 4. The van der Waals surface area contributed by atoms with Crippen molar-refractivity contribution in [3.05, 3.63) is 64.4 Å². The number of pyridine rings is 1. The maximum atomic E-state index is 10.4. The van der Waals surface area contributed by atoms with E-state index in [9.17, 15) is 5.11 Å². The molecule has 0 spiro atoms. The first-order valence-electron chi connectivity index (χ1n) is 5.76. The van der Waals surface area contributed by atoms with Crippen LogP contribution in [0.3, 0.4) is 0 Å². The van der Waals surface area contributed by atoms with Crippen molar-refractivity contribution in [3.8, 4) is 0 Å². The average molecular weight is 307 g/mol.